The van der Waals surface area contributed by atoms with Gasteiger partial charge in [-0.2, -0.15) is 0 Å². The second kappa shape index (κ2) is 7.63. The maximum atomic E-state index is 10.1. The summed E-state index contributed by atoms with van der Waals surface area (Å²) in [5.41, 5.74) is 1.02. The minimum atomic E-state index is -0.349. The second-order valence-corrected chi connectivity index (χ2v) is 5.53. The van der Waals surface area contributed by atoms with Crippen LogP contribution >= 0.6 is 0 Å². The summed E-state index contributed by atoms with van der Waals surface area (Å²) in [6.45, 7) is 3.87. The molecule has 0 saturated carbocycles. The number of aliphatic hydroxyl groups excluding tert-OH is 1. The molecule has 0 radical (unpaired) electrons. The van der Waals surface area contributed by atoms with Crippen LogP contribution in [0, 0.1) is 5.92 Å². The molecular weight excluding hydrogens is 238 g/mol. The van der Waals surface area contributed by atoms with E-state index < -0.39 is 0 Å². The number of benzene rings is 1. The first kappa shape index (κ1) is 14.5. The van der Waals surface area contributed by atoms with Gasteiger partial charge in [-0.25, -0.2) is 0 Å². The lowest BCUT2D eigenvalue weighted by Gasteiger charge is -2.27. The van der Waals surface area contributed by atoms with Gasteiger partial charge in [0.25, 0.3) is 0 Å². The van der Waals surface area contributed by atoms with E-state index in [4.69, 9.17) is 4.74 Å². The van der Waals surface area contributed by atoms with E-state index in [0.717, 1.165) is 44.2 Å². The van der Waals surface area contributed by atoms with Crippen LogP contribution in [0.4, 0.5) is 0 Å². The molecule has 1 aromatic rings. The van der Waals surface area contributed by atoms with Crippen LogP contribution in [0.25, 0.3) is 0 Å². The van der Waals surface area contributed by atoms with Gasteiger partial charge in [0.1, 0.15) is 0 Å². The van der Waals surface area contributed by atoms with Gasteiger partial charge >= 0.3 is 0 Å². The fraction of sp³-hybridized carbons (Fsp3) is 0.625. The Morgan fingerprint density at radius 1 is 1.26 bits per heavy atom. The molecule has 0 amide bonds. The number of nitrogens with zero attached hydrogens (tertiary/aromatic N) is 1. The van der Waals surface area contributed by atoms with Crippen molar-refractivity contribution >= 4 is 0 Å². The molecule has 3 heteroatoms. The predicted molar refractivity (Wildman–Crippen MR) is 77.1 cm³/mol. The number of ether oxygens (including phenoxy) is 1. The zero-order valence-corrected chi connectivity index (χ0v) is 11.8. The van der Waals surface area contributed by atoms with Crippen molar-refractivity contribution in [1.29, 1.82) is 0 Å². The fourth-order valence-corrected chi connectivity index (χ4v) is 2.65. The maximum Gasteiger partial charge on any atom is 0.0802 e. The molecule has 1 saturated heterocycles. The number of aliphatic hydroxyl groups is 1. The van der Waals surface area contributed by atoms with Crippen molar-refractivity contribution in [3.63, 3.8) is 0 Å². The lowest BCUT2D eigenvalue weighted by Crippen LogP contribution is -2.30. The van der Waals surface area contributed by atoms with Gasteiger partial charge in [-0.05, 0) is 37.8 Å². The zero-order chi connectivity index (χ0) is 13.5. The largest absolute Gasteiger partial charge is 0.388 e. The summed E-state index contributed by atoms with van der Waals surface area (Å²) < 4.78 is 5.38. The Kier molecular flexibility index (Phi) is 5.83. The summed E-state index contributed by atoms with van der Waals surface area (Å²) in [5, 5.41) is 10.1. The van der Waals surface area contributed by atoms with Crippen molar-refractivity contribution in [2.75, 3.05) is 33.4 Å². The summed E-state index contributed by atoms with van der Waals surface area (Å²) in [4.78, 5) is 2.34. The van der Waals surface area contributed by atoms with Crippen molar-refractivity contribution in [3.05, 3.63) is 35.9 Å². The van der Waals surface area contributed by atoms with Crippen LogP contribution in [0.5, 0.6) is 0 Å². The highest BCUT2D eigenvalue weighted by Gasteiger charge is 2.16. The molecule has 1 heterocycles. The standard InChI is InChI=1S/C16H25NO2/c1-17(13-14-8-11-19-12-9-14)10-7-16(18)15-5-3-2-4-6-15/h2-6,14,16,18H,7-13H2,1H3. The molecule has 1 unspecified atom stereocenters. The molecule has 1 aliphatic heterocycles. The molecule has 19 heavy (non-hydrogen) atoms. The molecule has 1 aliphatic rings. The van der Waals surface area contributed by atoms with Crippen molar-refractivity contribution in [2.45, 2.75) is 25.4 Å². The van der Waals surface area contributed by atoms with E-state index in [9.17, 15) is 5.11 Å². The Morgan fingerprint density at radius 2 is 1.95 bits per heavy atom. The summed E-state index contributed by atoms with van der Waals surface area (Å²) in [6, 6.07) is 9.91. The monoisotopic (exact) mass is 263 g/mol. The van der Waals surface area contributed by atoms with Crippen molar-refractivity contribution in [3.8, 4) is 0 Å². The second-order valence-electron chi connectivity index (χ2n) is 5.53. The van der Waals surface area contributed by atoms with E-state index in [-0.39, 0.29) is 6.10 Å². The molecule has 0 bridgehead atoms. The van der Waals surface area contributed by atoms with Gasteiger partial charge in [0.05, 0.1) is 6.10 Å². The minimum absolute atomic E-state index is 0.349. The summed E-state index contributed by atoms with van der Waals surface area (Å²) in [5.74, 6) is 0.757. The maximum absolute atomic E-state index is 10.1. The zero-order valence-electron chi connectivity index (χ0n) is 11.8. The van der Waals surface area contributed by atoms with Crippen LogP contribution in [0.3, 0.4) is 0 Å². The molecule has 2 rings (SSSR count). The number of hydrogen-bond acceptors (Lipinski definition) is 3. The Bertz CT molecular complexity index is 349. The Morgan fingerprint density at radius 3 is 2.63 bits per heavy atom. The van der Waals surface area contributed by atoms with Crippen molar-refractivity contribution in [2.24, 2.45) is 5.92 Å². The average molecular weight is 263 g/mol. The van der Waals surface area contributed by atoms with E-state index in [2.05, 4.69) is 11.9 Å². The summed E-state index contributed by atoms with van der Waals surface area (Å²) >= 11 is 0. The van der Waals surface area contributed by atoms with Gasteiger partial charge in [-0.15, -0.1) is 0 Å². The van der Waals surface area contributed by atoms with Gasteiger partial charge < -0.3 is 14.7 Å². The topological polar surface area (TPSA) is 32.7 Å². The molecule has 0 aliphatic carbocycles. The average Bonchev–Trinajstić information content (AvgIpc) is 2.47. The number of rotatable bonds is 6. The molecule has 0 aromatic heterocycles. The number of hydrogen-bond donors (Lipinski definition) is 1. The highest BCUT2D eigenvalue weighted by molar-refractivity contribution is 5.17. The van der Waals surface area contributed by atoms with E-state index in [1.54, 1.807) is 0 Å². The van der Waals surface area contributed by atoms with Crippen LogP contribution < -0.4 is 0 Å². The van der Waals surface area contributed by atoms with Crippen LogP contribution in [0.2, 0.25) is 0 Å². The van der Waals surface area contributed by atoms with Crippen molar-refractivity contribution in [1.82, 2.24) is 4.90 Å². The van der Waals surface area contributed by atoms with Crippen LogP contribution in [-0.2, 0) is 4.74 Å². The molecule has 3 nitrogen and oxygen atoms in total. The Hall–Kier alpha value is -0.900. The molecule has 1 fully saturated rings. The Labute approximate surface area is 116 Å². The third kappa shape index (κ3) is 4.94. The highest BCUT2D eigenvalue weighted by Crippen LogP contribution is 2.18. The smallest absolute Gasteiger partial charge is 0.0802 e. The molecule has 0 spiro atoms. The first-order valence-electron chi connectivity index (χ1n) is 7.25. The third-order valence-corrected chi connectivity index (χ3v) is 3.88. The molecule has 1 atom stereocenters. The normalized spacial score (nSPS) is 18.7. The summed E-state index contributed by atoms with van der Waals surface area (Å²) in [7, 11) is 2.15. The Balaban J connectivity index is 1.69. The van der Waals surface area contributed by atoms with Crippen LogP contribution in [0.1, 0.15) is 30.9 Å². The third-order valence-electron chi connectivity index (χ3n) is 3.88. The quantitative estimate of drug-likeness (QED) is 0.856. The first-order valence-corrected chi connectivity index (χ1v) is 7.25. The van der Waals surface area contributed by atoms with E-state index in [0.29, 0.717) is 0 Å². The predicted octanol–water partition coefficient (Wildman–Crippen LogP) is 2.47. The molecule has 1 aromatic carbocycles. The lowest BCUT2D eigenvalue weighted by atomic mass is 9.99. The molecular formula is C16H25NO2. The van der Waals surface area contributed by atoms with Gasteiger partial charge in [-0.1, -0.05) is 30.3 Å². The van der Waals surface area contributed by atoms with Crippen LogP contribution in [0.15, 0.2) is 30.3 Å². The van der Waals surface area contributed by atoms with Crippen molar-refractivity contribution < 1.29 is 9.84 Å². The SMILES string of the molecule is CN(CCC(O)c1ccccc1)CC1CCOCC1. The van der Waals surface area contributed by atoms with E-state index >= 15 is 0 Å². The van der Waals surface area contributed by atoms with Gasteiger partial charge in [0, 0.05) is 26.3 Å². The summed E-state index contributed by atoms with van der Waals surface area (Å²) in [6.07, 6.45) is 2.79. The molecule has 106 valence electrons. The van der Waals surface area contributed by atoms with E-state index in [1.807, 2.05) is 30.3 Å². The van der Waals surface area contributed by atoms with Gasteiger partial charge in [0.15, 0.2) is 0 Å². The first-order chi connectivity index (χ1) is 9.25. The van der Waals surface area contributed by atoms with Gasteiger partial charge in [0.2, 0.25) is 0 Å². The van der Waals surface area contributed by atoms with E-state index in [1.165, 1.54) is 12.8 Å². The highest BCUT2D eigenvalue weighted by atomic mass is 16.5. The minimum Gasteiger partial charge on any atom is -0.388 e. The van der Waals surface area contributed by atoms with Crippen LogP contribution in [-0.4, -0.2) is 43.4 Å². The lowest BCUT2D eigenvalue weighted by molar-refractivity contribution is 0.0534. The molecule has 1 N–H and O–H groups in total. The fourth-order valence-electron chi connectivity index (χ4n) is 2.65. The van der Waals surface area contributed by atoms with Gasteiger partial charge in [-0.3, -0.25) is 0 Å².